The molecular formula is C10H13F2NO2S. The van der Waals surface area contributed by atoms with Gasteiger partial charge >= 0.3 is 0 Å². The van der Waals surface area contributed by atoms with E-state index in [0.29, 0.717) is 9.87 Å². The normalized spacial score (nSPS) is 12.4. The monoisotopic (exact) mass is 249 g/mol. The maximum atomic E-state index is 12.1. The molecule has 0 heterocycles. The fourth-order valence-electron chi connectivity index (χ4n) is 1.31. The molecule has 6 heteroatoms. The smallest absolute Gasteiger partial charge is 0.209 e. The lowest BCUT2D eigenvalue weighted by atomic mass is 10.2. The Morgan fingerprint density at radius 1 is 1.31 bits per heavy atom. The molecule has 0 aliphatic heterocycles. The van der Waals surface area contributed by atoms with E-state index in [0.717, 1.165) is 7.05 Å². The highest BCUT2D eigenvalue weighted by molar-refractivity contribution is 7.89. The van der Waals surface area contributed by atoms with Crippen molar-refractivity contribution in [1.82, 2.24) is 4.31 Å². The number of hydrogen-bond acceptors (Lipinski definition) is 2. The summed E-state index contributed by atoms with van der Waals surface area (Å²) in [6.07, 6.45) is -2.68. The second kappa shape index (κ2) is 4.88. The summed E-state index contributed by atoms with van der Waals surface area (Å²) in [6.45, 7) is 0.833. The van der Waals surface area contributed by atoms with E-state index in [2.05, 4.69) is 0 Å². The molecule has 0 radical (unpaired) electrons. The highest BCUT2D eigenvalue weighted by Gasteiger charge is 2.24. The van der Waals surface area contributed by atoms with Gasteiger partial charge in [-0.1, -0.05) is 18.2 Å². The van der Waals surface area contributed by atoms with Gasteiger partial charge in [-0.05, 0) is 18.6 Å². The lowest BCUT2D eigenvalue weighted by Crippen LogP contribution is -2.31. The van der Waals surface area contributed by atoms with E-state index in [1.165, 1.54) is 6.07 Å². The summed E-state index contributed by atoms with van der Waals surface area (Å²) in [4.78, 5) is 0.0677. The van der Waals surface area contributed by atoms with Crippen molar-refractivity contribution < 1.29 is 17.2 Å². The summed E-state index contributed by atoms with van der Waals surface area (Å²) >= 11 is 0. The fourth-order valence-corrected chi connectivity index (χ4v) is 2.68. The first-order valence-electron chi connectivity index (χ1n) is 4.66. The Balaban J connectivity index is 3.08. The molecule has 1 rings (SSSR count). The van der Waals surface area contributed by atoms with Crippen LogP contribution < -0.4 is 0 Å². The Labute approximate surface area is 93.7 Å². The van der Waals surface area contributed by atoms with Crippen molar-refractivity contribution in [2.24, 2.45) is 0 Å². The minimum absolute atomic E-state index is 0.0677. The summed E-state index contributed by atoms with van der Waals surface area (Å²) in [6, 6.07) is 6.30. The Kier molecular flexibility index (Phi) is 3.98. The van der Waals surface area contributed by atoms with Crippen LogP contribution in [0.4, 0.5) is 8.78 Å². The third kappa shape index (κ3) is 2.76. The predicted molar refractivity (Wildman–Crippen MR) is 57.0 cm³/mol. The predicted octanol–water partition coefficient (Wildman–Crippen LogP) is 1.88. The zero-order chi connectivity index (χ0) is 12.3. The number of benzene rings is 1. The Morgan fingerprint density at radius 2 is 1.88 bits per heavy atom. The van der Waals surface area contributed by atoms with E-state index >= 15 is 0 Å². The van der Waals surface area contributed by atoms with Gasteiger partial charge in [0.25, 0.3) is 6.43 Å². The van der Waals surface area contributed by atoms with Gasteiger partial charge in [-0.25, -0.2) is 17.2 Å². The van der Waals surface area contributed by atoms with Crippen LogP contribution in [0.2, 0.25) is 0 Å². The lowest BCUT2D eigenvalue weighted by Gasteiger charge is -2.17. The molecule has 90 valence electrons. The van der Waals surface area contributed by atoms with Gasteiger partial charge in [0.2, 0.25) is 10.0 Å². The highest BCUT2D eigenvalue weighted by Crippen LogP contribution is 2.18. The van der Waals surface area contributed by atoms with Gasteiger partial charge in [0, 0.05) is 7.05 Å². The molecule has 0 fully saturated rings. The number of sulfonamides is 1. The Bertz CT molecular complexity index is 460. The summed E-state index contributed by atoms with van der Waals surface area (Å²) in [5.74, 6) is 0. The lowest BCUT2D eigenvalue weighted by molar-refractivity contribution is 0.126. The van der Waals surface area contributed by atoms with Crippen LogP contribution in [-0.2, 0) is 10.0 Å². The first-order valence-corrected chi connectivity index (χ1v) is 6.10. The molecule has 0 saturated heterocycles. The molecule has 0 atom stereocenters. The molecule has 1 aromatic carbocycles. The number of aryl methyl sites for hydroxylation is 1. The minimum atomic E-state index is -3.81. The van der Waals surface area contributed by atoms with Crippen LogP contribution in [0, 0.1) is 6.92 Å². The Hall–Kier alpha value is -1.01. The minimum Gasteiger partial charge on any atom is -0.209 e. The van der Waals surface area contributed by atoms with Crippen LogP contribution in [0.3, 0.4) is 0 Å². The molecule has 0 bridgehead atoms. The first-order chi connectivity index (χ1) is 7.35. The van der Waals surface area contributed by atoms with Gasteiger partial charge in [0.05, 0.1) is 11.4 Å². The van der Waals surface area contributed by atoms with Crippen LogP contribution >= 0.6 is 0 Å². The van der Waals surface area contributed by atoms with Gasteiger partial charge in [0.1, 0.15) is 0 Å². The summed E-state index contributed by atoms with van der Waals surface area (Å²) < 4.78 is 48.7. The van der Waals surface area contributed by atoms with Crippen molar-refractivity contribution in [3.63, 3.8) is 0 Å². The van der Waals surface area contributed by atoms with Gasteiger partial charge in [-0.2, -0.15) is 4.31 Å². The Morgan fingerprint density at radius 3 is 2.38 bits per heavy atom. The number of nitrogens with zero attached hydrogens (tertiary/aromatic N) is 1. The zero-order valence-corrected chi connectivity index (χ0v) is 9.84. The summed E-state index contributed by atoms with van der Waals surface area (Å²) in [7, 11) is -2.66. The van der Waals surface area contributed by atoms with Gasteiger partial charge in [-0.3, -0.25) is 0 Å². The number of halogens is 2. The average Bonchev–Trinajstić information content (AvgIpc) is 2.16. The fraction of sp³-hybridized carbons (Fsp3) is 0.400. The van der Waals surface area contributed by atoms with Gasteiger partial charge < -0.3 is 0 Å². The van der Waals surface area contributed by atoms with Crippen molar-refractivity contribution in [3.8, 4) is 0 Å². The molecule has 0 aromatic heterocycles. The van der Waals surface area contributed by atoms with Crippen molar-refractivity contribution in [1.29, 1.82) is 0 Å². The molecule has 0 aliphatic carbocycles. The first kappa shape index (κ1) is 13.1. The molecule has 0 saturated carbocycles. The van der Waals surface area contributed by atoms with E-state index in [9.17, 15) is 17.2 Å². The second-order valence-electron chi connectivity index (χ2n) is 3.44. The highest BCUT2D eigenvalue weighted by atomic mass is 32.2. The molecule has 0 unspecified atom stereocenters. The summed E-state index contributed by atoms with van der Waals surface area (Å²) in [5, 5.41) is 0. The van der Waals surface area contributed by atoms with Crippen LogP contribution in [0.15, 0.2) is 29.2 Å². The SMILES string of the molecule is Cc1ccccc1S(=O)(=O)N(C)CC(F)F. The molecule has 0 aliphatic rings. The van der Waals surface area contributed by atoms with E-state index < -0.39 is 23.0 Å². The van der Waals surface area contributed by atoms with Crippen LogP contribution in [-0.4, -0.2) is 32.7 Å². The summed E-state index contributed by atoms with van der Waals surface area (Å²) in [5.41, 5.74) is 0.545. The molecule has 16 heavy (non-hydrogen) atoms. The topological polar surface area (TPSA) is 37.4 Å². The molecule has 3 nitrogen and oxygen atoms in total. The van der Waals surface area contributed by atoms with Crippen molar-refractivity contribution in [2.45, 2.75) is 18.2 Å². The van der Waals surface area contributed by atoms with Crippen LogP contribution in [0.1, 0.15) is 5.56 Å². The second-order valence-corrected chi connectivity index (χ2v) is 5.46. The van der Waals surface area contributed by atoms with E-state index in [-0.39, 0.29) is 4.90 Å². The zero-order valence-electron chi connectivity index (χ0n) is 9.02. The number of hydrogen-bond donors (Lipinski definition) is 0. The van der Waals surface area contributed by atoms with E-state index in [1.54, 1.807) is 25.1 Å². The van der Waals surface area contributed by atoms with Gasteiger partial charge in [-0.15, -0.1) is 0 Å². The van der Waals surface area contributed by atoms with Crippen molar-refractivity contribution >= 4 is 10.0 Å². The molecule has 0 amide bonds. The van der Waals surface area contributed by atoms with E-state index in [1.807, 2.05) is 0 Å². The molecule has 1 aromatic rings. The van der Waals surface area contributed by atoms with Crippen LogP contribution in [0.25, 0.3) is 0 Å². The van der Waals surface area contributed by atoms with Crippen molar-refractivity contribution in [2.75, 3.05) is 13.6 Å². The average molecular weight is 249 g/mol. The van der Waals surface area contributed by atoms with Crippen LogP contribution in [0.5, 0.6) is 0 Å². The third-order valence-corrected chi connectivity index (χ3v) is 4.16. The maximum Gasteiger partial charge on any atom is 0.252 e. The molecule has 0 N–H and O–H groups in total. The van der Waals surface area contributed by atoms with Crippen molar-refractivity contribution in [3.05, 3.63) is 29.8 Å². The largest absolute Gasteiger partial charge is 0.252 e. The van der Waals surface area contributed by atoms with Gasteiger partial charge in [0.15, 0.2) is 0 Å². The molecule has 0 spiro atoms. The maximum absolute atomic E-state index is 12.1. The third-order valence-electron chi connectivity index (χ3n) is 2.18. The van der Waals surface area contributed by atoms with E-state index in [4.69, 9.17) is 0 Å². The molecular weight excluding hydrogens is 236 g/mol. The quantitative estimate of drug-likeness (QED) is 0.817. The number of alkyl halides is 2. The standard InChI is InChI=1S/C10H13F2NO2S/c1-8-5-3-4-6-9(8)16(14,15)13(2)7-10(11)12/h3-6,10H,7H2,1-2H3. The number of rotatable bonds is 4.